The highest BCUT2D eigenvalue weighted by Crippen LogP contribution is 2.26. The Kier molecular flexibility index (Phi) is 6.42. The van der Waals surface area contributed by atoms with Gasteiger partial charge in [-0.15, -0.1) is 5.10 Å². The highest BCUT2D eigenvalue weighted by atomic mass is 16.2. The van der Waals surface area contributed by atoms with Crippen LogP contribution in [-0.2, 0) is 11.3 Å². The molecule has 9 heteroatoms. The summed E-state index contributed by atoms with van der Waals surface area (Å²) in [5, 5.41) is 16.1. The number of nitrogens with zero attached hydrogens (tertiary/aromatic N) is 4. The summed E-state index contributed by atoms with van der Waals surface area (Å²) in [4.78, 5) is 28.7. The number of aromatic nitrogens is 4. The van der Waals surface area contributed by atoms with E-state index in [-0.39, 0.29) is 24.1 Å². The second-order valence-corrected chi connectivity index (χ2v) is 5.93. The summed E-state index contributed by atoms with van der Waals surface area (Å²) in [5.41, 5.74) is 2.17. The second kappa shape index (κ2) is 9.38. The largest absolute Gasteiger partial charge is 0.354 e. The van der Waals surface area contributed by atoms with E-state index in [0.29, 0.717) is 24.5 Å². The zero-order valence-corrected chi connectivity index (χ0v) is 15.4. The number of anilines is 1. The molecule has 0 radical (unpaired) electrons. The zero-order chi connectivity index (χ0) is 19.8. The normalized spacial score (nSPS) is 10.5. The number of amides is 2. The Balaban J connectivity index is 1.68. The van der Waals surface area contributed by atoms with Crippen LogP contribution in [0.25, 0.3) is 11.3 Å². The number of hydrogen-bond donors (Lipinski definition) is 3. The van der Waals surface area contributed by atoms with Crippen LogP contribution >= 0.6 is 0 Å². The average Bonchev–Trinajstić information content (AvgIpc) is 3.25. The molecule has 2 amide bonds. The van der Waals surface area contributed by atoms with E-state index in [2.05, 4.69) is 31.2 Å². The monoisotopic (exact) mass is 379 g/mol. The second-order valence-electron chi connectivity index (χ2n) is 5.93. The highest BCUT2D eigenvalue weighted by molar-refractivity contribution is 5.98. The fourth-order valence-electron chi connectivity index (χ4n) is 2.57. The topological polar surface area (TPSA) is 114 Å². The molecule has 0 fully saturated rings. The molecule has 3 rings (SSSR count). The van der Waals surface area contributed by atoms with Crippen molar-refractivity contribution in [3.63, 3.8) is 0 Å². The van der Waals surface area contributed by atoms with E-state index in [4.69, 9.17) is 0 Å². The van der Waals surface area contributed by atoms with Crippen molar-refractivity contribution in [3.8, 4) is 11.3 Å². The quantitative estimate of drug-likeness (QED) is 0.502. The lowest BCUT2D eigenvalue weighted by molar-refractivity contribution is -0.115. The summed E-state index contributed by atoms with van der Waals surface area (Å²) in [5.74, 6) is -0.491. The first-order chi connectivity index (χ1) is 13.7. The van der Waals surface area contributed by atoms with Crippen LogP contribution in [0.3, 0.4) is 0 Å². The third-order valence-electron chi connectivity index (χ3n) is 3.95. The molecule has 0 saturated heterocycles. The lowest BCUT2D eigenvalue weighted by Crippen LogP contribution is -2.30. The Morgan fingerprint density at radius 1 is 1.11 bits per heavy atom. The molecule has 0 atom stereocenters. The summed E-state index contributed by atoms with van der Waals surface area (Å²) >= 11 is 0. The van der Waals surface area contributed by atoms with E-state index in [1.165, 1.54) is 0 Å². The first-order valence-electron chi connectivity index (χ1n) is 8.80. The molecule has 3 N–H and O–H groups in total. The highest BCUT2D eigenvalue weighted by Gasteiger charge is 2.14. The van der Waals surface area contributed by atoms with Crippen LogP contribution in [0.1, 0.15) is 10.5 Å². The summed E-state index contributed by atoms with van der Waals surface area (Å²) in [6.07, 6.45) is 3.36. The lowest BCUT2D eigenvalue weighted by Gasteiger charge is -2.12. The van der Waals surface area contributed by atoms with Crippen LogP contribution in [0.2, 0.25) is 0 Å². The average molecular weight is 379 g/mol. The Hall–Kier alpha value is -3.59. The van der Waals surface area contributed by atoms with Gasteiger partial charge < -0.3 is 16.0 Å². The number of carbonyl (C=O) groups excluding carboxylic acids is 2. The van der Waals surface area contributed by atoms with Gasteiger partial charge in [-0.25, -0.2) is 4.98 Å². The molecule has 2 heterocycles. The molecule has 0 aliphatic rings. The molecule has 0 spiro atoms. The Morgan fingerprint density at radius 2 is 1.93 bits per heavy atom. The maximum Gasteiger partial charge on any atom is 0.269 e. The molecule has 1 aromatic carbocycles. The minimum atomic E-state index is -0.287. The minimum absolute atomic E-state index is 0.139. The number of carbonyl (C=O) groups is 2. The summed E-state index contributed by atoms with van der Waals surface area (Å²) < 4.78 is 1.68. The van der Waals surface area contributed by atoms with E-state index < -0.39 is 0 Å². The van der Waals surface area contributed by atoms with Gasteiger partial charge in [-0.05, 0) is 12.1 Å². The molecule has 28 heavy (non-hydrogen) atoms. The van der Waals surface area contributed by atoms with Crippen LogP contribution in [0.4, 0.5) is 5.69 Å². The predicted molar refractivity (Wildman–Crippen MR) is 105 cm³/mol. The van der Waals surface area contributed by atoms with Gasteiger partial charge in [0.05, 0.1) is 30.7 Å². The first-order valence-corrected chi connectivity index (χ1v) is 8.80. The van der Waals surface area contributed by atoms with Crippen molar-refractivity contribution in [2.45, 2.75) is 6.54 Å². The summed E-state index contributed by atoms with van der Waals surface area (Å²) in [6.45, 7) is 1.33. The van der Waals surface area contributed by atoms with Gasteiger partial charge in [-0.1, -0.05) is 35.5 Å². The van der Waals surface area contributed by atoms with Crippen LogP contribution in [-0.4, -0.2) is 51.9 Å². The molecule has 0 aliphatic heterocycles. The molecule has 2 aromatic heterocycles. The van der Waals surface area contributed by atoms with Gasteiger partial charge in [-0.2, -0.15) is 0 Å². The van der Waals surface area contributed by atoms with Crippen molar-refractivity contribution in [1.82, 2.24) is 30.6 Å². The molecule has 0 bridgehead atoms. The van der Waals surface area contributed by atoms with E-state index in [1.807, 2.05) is 30.3 Å². The maximum atomic E-state index is 12.3. The van der Waals surface area contributed by atoms with E-state index in [1.54, 1.807) is 36.3 Å². The Labute approximate surface area is 162 Å². The molecule has 144 valence electrons. The fraction of sp³-hybridized carbons (Fsp3) is 0.211. The molecule has 9 nitrogen and oxygen atoms in total. The standard InChI is InChI=1S/C19H21N7O2/c1-20-19(28)16-8-7-15(18(24-16)14-5-3-2-4-6-14)23-17(27)13-21-9-11-26-12-10-22-25-26/h2-8,10,12,21H,9,11,13H2,1H3,(H,20,28)(H,23,27). The van der Waals surface area contributed by atoms with E-state index >= 15 is 0 Å². The van der Waals surface area contributed by atoms with Gasteiger partial charge in [0.2, 0.25) is 5.91 Å². The molecule has 0 saturated carbocycles. The van der Waals surface area contributed by atoms with E-state index in [0.717, 1.165) is 5.56 Å². The fourth-order valence-corrected chi connectivity index (χ4v) is 2.57. The molecular weight excluding hydrogens is 358 g/mol. The molecular formula is C19H21N7O2. The predicted octanol–water partition coefficient (Wildman–Crippen LogP) is 0.928. The number of rotatable bonds is 8. The van der Waals surface area contributed by atoms with Gasteiger partial charge in [-0.3, -0.25) is 14.3 Å². The number of nitrogens with one attached hydrogen (secondary N) is 3. The van der Waals surface area contributed by atoms with Crippen molar-refractivity contribution in [3.05, 3.63) is 60.6 Å². The van der Waals surface area contributed by atoms with Gasteiger partial charge in [0.15, 0.2) is 0 Å². The first kappa shape index (κ1) is 19.2. The van der Waals surface area contributed by atoms with Gasteiger partial charge in [0.1, 0.15) is 5.69 Å². The molecule has 0 aliphatic carbocycles. The molecule has 3 aromatic rings. The van der Waals surface area contributed by atoms with Crippen LogP contribution in [0.5, 0.6) is 0 Å². The number of hydrogen-bond acceptors (Lipinski definition) is 6. The van der Waals surface area contributed by atoms with Crippen molar-refractivity contribution in [2.75, 3.05) is 25.5 Å². The maximum absolute atomic E-state index is 12.3. The third-order valence-corrected chi connectivity index (χ3v) is 3.95. The van der Waals surface area contributed by atoms with Gasteiger partial charge >= 0.3 is 0 Å². The van der Waals surface area contributed by atoms with Crippen LogP contribution in [0.15, 0.2) is 54.9 Å². The van der Waals surface area contributed by atoms with Crippen molar-refractivity contribution < 1.29 is 9.59 Å². The van der Waals surface area contributed by atoms with Gasteiger partial charge in [0.25, 0.3) is 5.91 Å². The Bertz CT molecular complexity index is 927. The Morgan fingerprint density at radius 3 is 2.64 bits per heavy atom. The third kappa shape index (κ3) is 4.98. The van der Waals surface area contributed by atoms with Crippen LogP contribution < -0.4 is 16.0 Å². The summed E-state index contributed by atoms with van der Waals surface area (Å²) in [6, 6.07) is 12.7. The SMILES string of the molecule is CNC(=O)c1ccc(NC(=O)CNCCn2ccnn2)c(-c2ccccc2)n1. The summed E-state index contributed by atoms with van der Waals surface area (Å²) in [7, 11) is 1.55. The van der Waals surface area contributed by atoms with Crippen LogP contribution in [0, 0.1) is 0 Å². The number of pyridine rings is 1. The van der Waals surface area contributed by atoms with E-state index in [9.17, 15) is 9.59 Å². The van der Waals surface area contributed by atoms with Crippen molar-refractivity contribution in [2.24, 2.45) is 0 Å². The lowest BCUT2D eigenvalue weighted by atomic mass is 10.1. The molecule has 0 unspecified atom stereocenters. The number of benzene rings is 1. The zero-order valence-electron chi connectivity index (χ0n) is 15.4. The minimum Gasteiger partial charge on any atom is -0.354 e. The van der Waals surface area contributed by atoms with Gasteiger partial charge in [0, 0.05) is 25.4 Å². The van der Waals surface area contributed by atoms with Crippen molar-refractivity contribution in [1.29, 1.82) is 0 Å². The van der Waals surface area contributed by atoms with Crippen molar-refractivity contribution >= 4 is 17.5 Å². The smallest absolute Gasteiger partial charge is 0.269 e.